The second kappa shape index (κ2) is 6.09. The normalized spacial score (nSPS) is 12.7. The van der Waals surface area contributed by atoms with Crippen molar-refractivity contribution in [1.82, 2.24) is 0 Å². The summed E-state index contributed by atoms with van der Waals surface area (Å²) in [6.45, 7) is 8.18. The lowest BCUT2D eigenvalue weighted by atomic mass is 10.1. The highest BCUT2D eigenvalue weighted by atomic mass is 15.3. The summed E-state index contributed by atoms with van der Waals surface area (Å²) in [5.74, 6) is 0. The summed E-state index contributed by atoms with van der Waals surface area (Å²) >= 11 is 0. The van der Waals surface area contributed by atoms with E-state index in [-0.39, 0.29) is 0 Å². The molecule has 0 bridgehead atoms. The maximum absolute atomic E-state index is 5.50. The monoisotopic (exact) mass is 231 g/mol. The van der Waals surface area contributed by atoms with Gasteiger partial charge in [-0.3, -0.25) is 5.43 Å². The summed E-state index contributed by atoms with van der Waals surface area (Å²) in [6, 6.07) is 6.29. The van der Waals surface area contributed by atoms with Gasteiger partial charge in [0.2, 0.25) is 0 Å². The second-order valence-electron chi connectivity index (χ2n) is 4.25. The number of allylic oxidation sites excluding steroid dienone is 1. The van der Waals surface area contributed by atoms with E-state index in [1.165, 1.54) is 11.1 Å². The third-order valence-corrected chi connectivity index (χ3v) is 2.58. The lowest BCUT2D eigenvalue weighted by molar-refractivity contribution is 1.20. The van der Waals surface area contributed by atoms with Gasteiger partial charge in [0.05, 0.1) is 11.4 Å². The van der Waals surface area contributed by atoms with Crippen molar-refractivity contribution in [3.05, 3.63) is 41.1 Å². The molecule has 1 aromatic carbocycles. The van der Waals surface area contributed by atoms with E-state index in [2.05, 4.69) is 49.5 Å². The highest BCUT2D eigenvalue weighted by molar-refractivity contribution is 5.99. The third-order valence-electron chi connectivity index (χ3n) is 2.58. The summed E-state index contributed by atoms with van der Waals surface area (Å²) in [7, 11) is 0. The molecule has 3 N–H and O–H groups in total. The number of benzene rings is 1. The van der Waals surface area contributed by atoms with E-state index in [1.54, 1.807) is 6.20 Å². The first-order valence-corrected chi connectivity index (χ1v) is 5.86. The first kappa shape index (κ1) is 13.3. The zero-order chi connectivity index (χ0) is 12.8. The van der Waals surface area contributed by atoms with Crippen molar-refractivity contribution in [2.75, 3.05) is 5.43 Å². The van der Waals surface area contributed by atoms with Crippen LogP contribution in [0.4, 0.5) is 5.69 Å². The van der Waals surface area contributed by atoms with E-state index in [0.29, 0.717) is 0 Å². The maximum atomic E-state index is 5.50. The van der Waals surface area contributed by atoms with Gasteiger partial charge in [-0.2, -0.15) is 5.10 Å². The van der Waals surface area contributed by atoms with E-state index in [4.69, 9.17) is 5.73 Å². The molecule has 17 heavy (non-hydrogen) atoms. The number of hydrogen-bond donors (Lipinski definition) is 2. The number of anilines is 1. The number of aryl methyl sites for hydroxylation is 2. The fourth-order valence-corrected chi connectivity index (χ4v) is 1.71. The number of hydrazone groups is 1. The highest BCUT2D eigenvalue weighted by Crippen LogP contribution is 2.14. The molecule has 3 heteroatoms. The van der Waals surface area contributed by atoms with Gasteiger partial charge < -0.3 is 5.73 Å². The molecule has 0 atom stereocenters. The highest BCUT2D eigenvalue weighted by Gasteiger charge is 1.99. The predicted molar refractivity (Wildman–Crippen MR) is 75.2 cm³/mol. The number of nitrogens with zero attached hydrogens (tertiary/aromatic N) is 1. The van der Waals surface area contributed by atoms with Crippen LogP contribution in [0.5, 0.6) is 0 Å². The molecule has 0 saturated carbocycles. The third kappa shape index (κ3) is 3.94. The SMILES string of the molecule is CCC(=N\Nc1cc(C)cc(C)c1)/C(C)=C/N. The minimum atomic E-state index is 0.858. The van der Waals surface area contributed by atoms with E-state index in [9.17, 15) is 0 Å². The molecule has 0 fully saturated rings. The van der Waals surface area contributed by atoms with E-state index in [1.807, 2.05) is 6.92 Å². The van der Waals surface area contributed by atoms with Crippen molar-refractivity contribution in [2.24, 2.45) is 10.8 Å². The van der Waals surface area contributed by atoms with Crippen LogP contribution in [-0.4, -0.2) is 5.71 Å². The Balaban J connectivity index is 2.87. The van der Waals surface area contributed by atoms with Gasteiger partial charge in [0.1, 0.15) is 0 Å². The minimum Gasteiger partial charge on any atom is -0.404 e. The average Bonchev–Trinajstić information content (AvgIpc) is 2.28. The fourth-order valence-electron chi connectivity index (χ4n) is 1.71. The summed E-state index contributed by atoms with van der Waals surface area (Å²) in [6.07, 6.45) is 2.45. The Morgan fingerprint density at radius 3 is 2.35 bits per heavy atom. The quantitative estimate of drug-likeness (QED) is 0.616. The number of nitrogens with two attached hydrogens (primary N) is 1. The molecule has 0 aliphatic heterocycles. The molecule has 0 unspecified atom stereocenters. The van der Waals surface area contributed by atoms with Gasteiger partial charge in [-0.05, 0) is 62.2 Å². The van der Waals surface area contributed by atoms with Gasteiger partial charge in [0, 0.05) is 0 Å². The van der Waals surface area contributed by atoms with Crippen LogP contribution in [0, 0.1) is 13.8 Å². The Morgan fingerprint density at radius 1 is 1.29 bits per heavy atom. The van der Waals surface area contributed by atoms with Crippen molar-refractivity contribution in [1.29, 1.82) is 0 Å². The smallest absolute Gasteiger partial charge is 0.0647 e. The molecule has 0 heterocycles. The number of hydrogen-bond acceptors (Lipinski definition) is 3. The lowest BCUT2D eigenvalue weighted by Crippen LogP contribution is -2.04. The topological polar surface area (TPSA) is 50.4 Å². The van der Waals surface area contributed by atoms with E-state index < -0.39 is 0 Å². The molecule has 0 amide bonds. The molecular weight excluding hydrogens is 210 g/mol. The summed E-state index contributed by atoms with van der Waals surface area (Å²) in [5.41, 5.74) is 14.0. The van der Waals surface area contributed by atoms with Crippen LogP contribution < -0.4 is 11.2 Å². The minimum absolute atomic E-state index is 0.858. The summed E-state index contributed by atoms with van der Waals surface area (Å²) in [4.78, 5) is 0. The Kier molecular flexibility index (Phi) is 4.76. The zero-order valence-corrected chi connectivity index (χ0v) is 11.0. The molecular formula is C14H21N3. The first-order chi connectivity index (χ1) is 8.06. The molecule has 3 nitrogen and oxygen atoms in total. The molecule has 1 rings (SSSR count). The standard InChI is InChI=1S/C14H21N3/c1-5-14(12(4)9-15)17-16-13-7-10(2)6-11(3)8-13/h6-9,16H,5,15H2,1-4H3/b12-9+,17-14+. The fraction of sp³-hybridized carbons (Fsp3) is 0.357. The van der Waals surface area contributed by atoms with Crippen molar-refractivity contribution >= 4 is 11.4 Å². The van der Waals surface area contributed by atoms with Crippen LogP contribution in [0.2, 0.25) is 0 Å². The van der Waals surface area contributed by atoms with Crippen LogP contribution in [0.1, 0.15) is 31.4 Å². The Labute approximate surface area is 103 Å². The molecule has 92 valence electrons. The van der Waals surface area contributed by atoms with Gasteiger partial charge in [-0.15, -0.1) is 0 Å². The average molecular weight is 231 g/mol. The molecule has 0 aromatic heterocycles. The molecule has 0 radical (unpaired) electrons. The van der Waals surface area contributed by atoms with Crippen LogP contribution in [0.25, 0.3) is 0 Å². The number of rotatable bonds is 4. The van der Waals surface area contributed by atoms with Gasteiger partial charge >= 0.3 is 0 Å². The van der Waals surface area contributed by atoms with Gasteiger partial charge in [-0.1, -0.05) is 13.0 Å². The van der Waals surface area contributed by atoms with Crippen molar-refractivity contribution in [3.8, 4) is 0 Å². The van der Waals surface area contributed by atoms with Crippen LogP contribution in [-0.2, 0) is 0 Å². The van der Waals surface area contributed by atoms with Crippen LogP contribution >= 0.6 is 0 Å². The molecule has 0 spiro atoms. The van der Waals surface area contributed by atoms with E-state index in [0.717, 1.165) is 23.4 Å². The van der Waals surface area contributed by atoms with Gasteiger partial charge in [-0.25, -0.2) is 0 Å². The molecule has 0 aliphatic carbocycles. The lowest BCUT2D eigenvalue weighted by Gasteiger charge is -2.07. The van der Waals surface area contributed by atoms with Gasteiger partial charge in [0.25, 0.3) is 0 Å². The zero-order valence-electron chi connectivity index (χ0n) is 11.0. The molecule has 0 saturated heterocycles. The van der Waals surface area contributed by atoms with Crippen molar-refractivity contribution in [2.45, 2.75) is 34.1 Å². The first-order valence-electron chi connectivity index (χ1n) is 5.86. The Bertz CT molecular complexity index is 425. The predicted octanol–water partition coefficient (Wildman–Crippen LogP) is 3.34. The van der Waals surface area contributed by atoms with Crippen LogP contribution in [0.15, 0.2) is 35.1 Å². The molecule has 0 aliphatic rings. The second-order valence-corrected chi connectivity index (χ2v) is 4.25. The Morgan fingerprint density at radius 2 is 1.88 bits per heavy atom. The number of nitrogens with one attached hydrogen (secondary N) is 1. The van der Waals surface area contributed by atoms with Crippen molar-refractivity contribution in [3.63, 3.8) is 0 Å². The van der Waals surface area contributed by atoms with Crippen molar-refractivity contribution < 1.29 is 0 Å². The van der Waals surface area contributed by atoms with Crippen LogP contribution in [0.3, 0.4) is 0 Å². The summed E-state index contributed by atoms with van der Waals surface area (Å²) in [5, 5.41) is 4.38. The Hall–Kier alpha value is -1.77. The summed E-state index contributed by atoms with van der Waals surface area (Å²) < 4.78 is 0. The van der Waals surface area contributed by atoms with Gasteiger partial charge in [0.15, 0.2) is 0 Å². The maximum Gasteiger partial charge on any atom is 0.0647 e. The largest absolute Gasteiger partial charge is 0.404 e. The molecule has 1 aromatic rings. The van der Waals surface area contributed by atoms with E-state index >= 15 is 0 Å².